The van der Waals surface area contributed by atoms with Crippen molar-refractivity contribution in [2.24, 2.45) is 5.92 Å². The summed E-state index contributed by atoms with van der Waals surface area (Å²) >= 11 is 1.62. The molecule has 2 heterocycles. The van der Waals surface area contributed by atoms with Gasteiger partial charge >= 0.3 is 0 Å². The maximum absolute atomic E-state index is 12.1. The molecule has 3 rings (SSSR count). The fourth-order valence-corrected chi connectivity index (χ4v) is 3.94. The van der Waals surface area contributed by atoms with E-state index in [1.807, 2.05) is 36.6 Å². The number of nitrogens with one attached hydrogen (secondary N) is 1. The largest absolute Gasteiger partial charge is 0.487 e. The van der Waals surface area contributed by atoms with Crippen LogP contribution in [0.5, 0.6) is 5.75 Å². The van der Waals surface area contributed by atoms with Crippen LogP contribution in [0.3, 0.4) is 0 Å². The molecule has 1 saturated heterocycles. The van der Waals surface area contributed by atoms with E-state index in [1.165, 1.54) is 0 Å². The zero-order valence-corrected chi connectivity index (χ0v) is 18.8. The number of hydrogen-bond acceptors (Lipinski definition) is 6. The molecule has 1 amide bonds. The maximum Gasteiger partial charge on any atom is 0.244 e. The molecule has 1 aromatic heterocycles. The van der Waals surface area contributed by atoms with E-state index in [0.717, 1.165) is 48.3 Å². The molecule has 6 nitrogen and oxygen atoms in total. The minimum Gasteiger partial charge on any atom is -0.487 e. The van der Waals surface area contributed by atoms with Crippen molar-refractivity contribution in [3.8, 4) is 5.75 Å². The summed E-state index contributed by atoms with van der Waals surface area (Å²) in [7, 11) is 0. The summed E-state index contributed by atoms with van der Waals surface area (Å²) < 4.78 is 11.5. The van der Waals surface area contributed by atoms with Gasteiger partial charge < -0.3 is 14.8 Å². The van der Waals surface area contributed by atoms with E-state index in [9.17, 15) is 4.79 Å². The van der Waals surface area contributed by atoms with Crippen LogP contribution in [-0.2, 0) is 16.1 Å². The summed E-state index contributed by atoms with van der Waals surface area (Å²) in [4.78, 5) is 18.9. The predicted octanol–water partition coefficient (Wildman–Crippen LogP) is 3.52. The van der Waals surface area contributed by atoms with Gasteiger partial charge in [0.15, 0.2) is 0 Å². The smallest absolute Gasteiger partial charge is 0.244 e. The number of benzene rings is 1. The summed E-state index contributed by atoms with van der Waals surface area (Å²) in [6.07, 6.45) is 3.41. The summed E-state index contributed by atoms with van der Waals surface area (Å²) in [5.74, 6) is 1.30. The quantitative estimate of drug-likeness (QED) is 0.618. The highest BCUT2D eigenvalue weighted by molar-refractivity contribution is 7.09. The minimum atomic E-state index is -0.112. The molecule has 30 heavy (non-hydrogen) atoms. The molecule has 1 unspecified atom stereocenters. The van der Waals surface area contributed by atoms with Gasteiger partial charge in [-0.25, -0.2) is 4.98 Å². The number of hydrogen-bond donors (Lipinski definition) is 1. The van der Waals surface area contributed by atoms with E-state index >= 15 is 0 Å². The number of amides is 1. The first kappa shape index (κ1) is 22.5. The molecule has 1 aliphatic heterocycles. The molecule has 1 aromatic carbocycles. The van der Waals surface area contributed by atoms with Crippen molar-refractivity contribution >= 4 is 23.3 Å². The summed E-state index contributed by atoms with van der Waals surface area (Å²) in [5, 5.41) is 5.98. The normalized spacial score (nSPS) is 17.5. The Bertz CT molecular complexity index is 832. The van der Waals surface area contributed by atoms with Gasteiger partial charge in [-0.15, -0.1) is 11.3 Å². The Morgan fingerprint density at radius 1 is 1.40 bits per heavy atom. The Kier molecular flexibility index (Phi) is 8.42. The molecule has 0 saturated carbocycles. The van der Waals surface area contributed by atoms with Crippen molar-refractivity contribution in [1.29, 1.82) is 0 Å². The summed E-state index contributed by atoms with van der Waals surface area (Å²) in [6, 6.07) is 7.66. The van der Waals surface area contributed by atoms with Crippen LogP contribution in [0.15, 0.2) is 35.7 Å². The Balaban J connectivity index is 1.40. The standard InChI is InChI=1S/C23H31N3O3S/c1-17(2)13-26-10-11-28-22(14-26)12-24-23(27)9-6-19-4-7-21(8-5-19)29-15-20-16-30-18(3)25-20/h4-9,16-17,22H,10-15H2,1-3H3,(H,24,27)/b9-6+. The van der Waals surface area contributed by atoms with Crippen LogP contribution in [0.4, 0.5) is 0 Å². The molecule has 7 heteroatoms. The highest BCUT2D eigenvalue weighted by atomic mass is 32.1. The molecule has 162 valence electrons. The second-order valence-electron chi connectivity index (χ2n) is 7.94. The van der Waals surface area contributed by atoms with Crippen molar-refractivity contribution in [3.63, 3.8) is 0 Å². The van der Waals surface area contributed by atoms with Crippen LogP contribution < -0.4 is 10.1 Å². The molecular weight excluding hydrogens is 398 g/mol. The lowest BCUT2D eigenvalue weighted by molar-refractivity contribution is -0.117. The number of ether oxygens (including phenoxy) is 2. The van der Waals surface area contributed by atoms with E-state index in [0.29, 0.717) is 19.1 Å². The third-order valence-corrected chi connectivity index (χ3v) is 5.53. The molecule has 1 fully saturated rings. The number of carbonyl (C=O) groups is 1. The third-order valence-electron chi connectivity index (χ3n) is 4.71. The van der Waals surface area contributed by atoms with Gasteiger partial charge in [0.1, 0.15) is 12.4 Å². The molecule has 1 aliphatic rings. The molecule has 0 spiro atoms. The highest BCUT2D eigenvalue weighted by Crippen LogP contribution is 2.16. The lowest BCUT2D eigenvalue weighted by atomic mass is 10.2. The van der Waals surface area contributed by atoms with Crippen molar-refractivity contribution in [2.75, 3.05) is 32.8 Å². The molecule has 2 aromatic rings. The highest BCUT2D eigenvalue weighted by Gasteiger charge is 2.21. The van der Waals surface area contributed by atoms with Crippen LogP contribution in [-0.4, -0.2) is 54.7 Å². The SMILES string of the molecule is Cc1nc(COc2ccc(/C=C/C(=O)NCC3CN(CC(C)C)CCO3)cc2)cs1. The van der Waals surface area contributed by atoms with Gasteiger partial charge in [-0.1, -0.05) is 26.0 Å². The number of nitrogens with zero attached hydrogens (tertiary/aromatic N) is 2. The van der Waals surface area contributed by atoms with Gasteiger partial charge in [0.2, 0.25) is 5.91 Å². The Hall–Kier alpha value is -2.22. The Morgan fingerprint density at radius 2 is 2.20 bits per heavy atom. The van der Waals surface area contributed by atoms with Crippen LogP contribution in [0.1, 0.15) is 30.1 Å². The first-order valence-corrected chi connectivity index (χ1v) is 11.3. The minimum absolute atomic E-state index is 0.0489. The number of thiazole rings is 1. The lowest BCUT2D eigenvalue weighted by Gasteiger charge is -2.33. The fraction of sp³-hybridized carbons (Fsp3) is 0.478. The van der Waals surface area contributed by atoms with Gasteiger partial charge in [0.25, 0.3) is 0 Å². The van der Waals surface area contributed by atoms with E-state index in [1.54, 1.807) is 23.5 Å². The average Bonchev–Trinajstić information content (AvgIpc) is 3.15. The summed E-state index contributed by atoms with van der Waals surface area (Å²) in [5.41, 5.74) is 1.88. The van der Waals surface area contributed by atoms with E-state index in [-0.39, 0.29) is 12.0 Å². The number of carbonyl (C=O) groups excluding carboxylic acids is 1. The van der Waals surface area contributed by atoms with E-state index in [2.05, 4.69) is 29.0 Å². The van der Waals surface area contributed by atoms with Gasteiger partial charge in [-0.2, -0.15) is 0 Å². The second-order valence-corrected chi connectivity index (χ2v) is 9.00. The topological polar surface area (TPSA) is 63.7 Å². The fourth-order valence-electron chi connectivity index (χ4n) is 3.34. The van der Waals surface area contributed by atoms with Crippen LogP contribution in [0.2, 0.25) is 0 Å². The van der Waals surface area contributed by atoms with Crippen molar-refractivity contribution < 1.29 is 14.3 Å². The molecule has 0 aliphatic carbocycles. The summed E-state index contributed by atoms with van der Waals surface area (Å²) in [6.45, 7) is 11.0. The van der Waals surface area contributed by atoms with Gasteiger partial charge in [0.05, 0.1) is 23.4 Å². The number of aromatic nitrogens is 1. The first-order chi connectivity index (χ1) is 14.5. The molecular formula is C23H31N3O3S. The number of aryl methyl sites for hydroxylation is 1. The monoisotopic (exact) mass is 429 g/mol. The zero-order valence-electron chi connectivity index (χ0n) is 18.0. The first-order valence-electron chi connectivity index (χ1n) is 10.4. The maximum atomic E-state index is 12.1. The van der Waals surface area contributed by atoms with E-state index in [4.69, 9.17) is 9.47 Å². The Labute approximate surface area is 182 Å². The van der Waals surface area contributed by atoms with Gasteiger partial charge in [-0.05, 0) is 36.6 Å². The molecule has 1 N–H and O–H groups in total. The van der Waals surface area contributed by atoms with Crippen molar-refractivity contribution in [3.05, 3.63) is 52.0 Å². The zero-order chi connectivity index (χ0) is 21.3. The lowest BCUT2D eigenvalue weighted by Crippen LogP contribution is -2.48. The van der Waals surface area contributed by atoms with Gasteiger partial charge in [-0.3, -0.25) is 9.69 Å². The molecule has 0 radical (unpaired) electrons. The molecule has 0 bridgehead atoms. The van der Waals surface area contributed by atoms with Gasteiger partial charge in [0, 0.05) is 37.6 Å². The third kappa shape index (κ3) is 7.55. The van der Waals surface area contributed by atoms with Crippen LogP contribution in [0.25, 0.3) is 6.08 Å². The average molecular weight is 430 g/mol. The van der Waals surface area contributed by atoms with Crippen LogP contribution >= 0.6 is 11.3 Å². The molecule has 1 atom stereocenters. The number of morpholine rings is 1. The predicted molar refractivity (Wildman–Crippen MR) is 121 cm³/mol. The van der Waals surface area contributed by atoms with Crippen molar-refractivity contribution in [2.45, 2.75) is 33.5 Å². The van der Waals surface area contributed by atoms with Crippen LogP contribution in [0, 0.1) is 12.8 Å². The number of rotatable bonds is 9. The Morgan fingerprint density at radius 3 is 2.90 bits per heavy atom. The van der Waals surface area contributed by atoms with E-state index < -0.39 is 0 Å². The van der Waals surface area contributed by atoms with Crippen molar-refractivity contribution in [1.82, 2.24) is 15.2 Å². The second kappa shape index (κ2) is 11.2.